The number of methoxy groups -OCH3 is 2. The third-order valence-electron chi connectivity index (χ3n) is 6.21. The van der Waals surface area contributed by atoms with Crippen LogP contribution in [0.1, 0.15) is 30.4 Å². The van der Waals surface area contributed by atoms with Gasteiger partial charge in [-0.1, -0.05) is 6.42 Å². The highest BCUT2D eigenvalue weighted by Gasteiger charge is 2.35. The lowest BCUT2D eigenvalue weighted by Gasteiger charge is -2.42. The quantitative estimate of drug-likeness (QED) is 0.794. The molecule has 7 heteroatoms. The molecule has 1 aromatic carbocycles. The number of fused-ring (bicyclic) bond motifs is 1. The summed E-state index contributed by atoms with van der Waals surface area (Å²) in [6, 6.07) is 4.18. The molecule has 0 radical (unpaired) electrons. The monoisotopic (exact) mass is 387 g/mol. The highest BCUT2D eigenvalue weighted by atomic mass is 16.5. The number of amides is 2. The fraction of sp³-hybridized carbons (Fsp3) is 0.619. The molecule has 4 rings (SSSR count). The zero-order valence-corrected chi connectivity index (χ0v) is 16.7. The minimum atomic E-state index is 0.121. The van der Waals surface area contributed by atoms with E-state index in [1.54, 1.807) is 14.2 Å². The lowest BCUT2D eigenvalue weighted by molar-refractivity contribution is -0.140. The Balaban J connectivity index is 1.26. The molecule has 28 heavy (non-hydrogen) atoms. The molecule has 2 amide bonds. The van der Waals surface area contributed by atoms with Crippen molar-refractivity contribution in [1.82, 2.24) is 15.1 Å². The van der Waals surface area contributed by atoms with Gasteiger partial charge in [0.25, 0.3) is 0 Å². The van der Waals surface area contributed by atoms with Gasteiger partial charge in [0.05, 0.1) is 26.8 Å². The largest absolute Gasteiger partial charge is 0.493 e. The number of hydrogen-bond donors (Lipinski definition) is 1. The molecular formula is C21H29N3O4. The predicted molar refractivity (Wildman–Crippen MR) is 104 cm³/mol. The first-order valence-corrected chi connectivity index (χ1v) is 10.1. The van der Waals surface area contributed by atoms with Crippen molar-refractivity contribution in [1.29, 1.82) is 0 Å². The third-order valence-corrected chi connectivity index (χ3v) is 6.21. The van der Waals surface area contributed by atoms with Crippen LogP contribution in [0.5, 0.6) is 11.5 Å². The van der Waals surface area contributed by atoms with Gasteiger partial charge in [-0.15, -0.1) is 0 Å². The molecule has 1 saturated carbocycles. The van der Waals surface area contributed by atoms with E-state index in [-0.39, 0.29) is 23.8 Å². The van der Waals surface area contributed by atoms with Gasteiger partial charge in [0.2, 0.25) is 11.8 Å². The second-order valence-corrected chi connectivity index (χ2v) is 8.07. The van der Waals surface area contributed by atoms with Gasteiger partial charge in [-0.25, -0.2) is 0 Å². The van der Waals surface area contributed by atoms with E-state index >= 15 is 0 Å². The summed E-state index contributed by atoms with van der Waals surface area (Å²) in [5, 5.41) is 3.07. The second-order valence-electron chi connectivity index (χ2n) is 8.07. The van der Waals surface area contributed by atoms with E-state index in [9.17, 15) is 9.59 Å². The highest BCUT2D eigenvalue weighted by Crippen LogP contribution is 2.33. The first kappa shape index (κ1) is 19.1. The predicted octanol–water partition coefficient (Wildman–Crippen LogP) is 1.19. The first-order valence-electron chi connectivity index (χ1n) is 10.1. The Morgan fingerprint density at radius 3 is 2.39 bits per heavy atom. The number of rotatable bonds is 6. The maximum Gasteiger partial charge on any atom is 0.236 e. The van der Waals surface area contributed by atoms with Crippen molar-refractivity contribution < 1.29 is 19.1 Å². The molecule has 1 aliphatic carbocycles. The fourth-order valence-corrected chi connectivity index (χ4v) is 4.13. The maximum atomic E-state index is 12.6. The normalized spacial score (nSPS) is 20.0. The van der Waals surface area contributed by atoms with Crippen molar-refractivity contribution in [3.8, 4) is 11.5 Å². The Hall–Kier alpha value is -2.28. The molecule has 0 atom stereocenters. The van der Waals surface area contributed by atoms with Crippen LogP contribution in [0.25, 0.3) is 0 Å². The van der Waals surface area contributed by atoms with Gasteiger partial charge in [0, 0.05) is 32.1 Å². The number of benzene rings is 1. The average Bonchev–Trinajstić information content (AvgIpc) is 2.61. The van der Waals surface area contributed by atoms with Crippen molar-refractivity contribution in [2.75, 3.05) is 40.4 Å². The van der Waals surface area contributed by atoms with E-state index in [2.05, 4.69) is 10.2 Å². The van der Waals surface area contributed by atoms with Crippen LogP contribution in [0.15, 0.2) is 12.1 Å². The van der Waals surface area contributed by atoms with Gasteiger partial charge < -0.3 is 19.7 Å². The van der Waals surface area contributed by atoms with Crippen LogP contribution >= 0.6 is 0 Å². The molecule has 7 nitrogen and oxygen atoms in total. The van der Waals surface area contributed by atoms with Crippen molar-refractivity contribution in [2.45, 2.75) is 38.3 Å². The zero-order valence-electron chi connectivity index (χ0n) is 16.7. The molecule has 2 heterocycles. The number of carbonyl (C=O) groups excluding carboxylic acids is 2. The number of nitrogens with one attached hydrogen (secondary N) is 1. The van der Waals surface area contributed by atoms with Gasteiger partial charge >= 0.3 is 0 Å². The van der Waals surface area contributed by atoms with Crippen LogP contribution in [0, 0.1) is 5.92 Å². The summed E-state index contributed by atoms with van der Waals surface area (Å²) < 4.78 is 10.8. The lowest BCUT2D eigenvalue weighted by Crippen LogP contribution is -2.63. The summed E-state index contributed by atoms with van der Waals surface area (Å²) in [5.41, 5.74) is 2.44. The van der Waals surface area contributed by atoms with Crippen LogP contribution in [0.4, 0.5) is 0 Å². The van der Waals surface area contributed by atoms with E-state index in [0.29, 0.717) is 19.6 Å². The number of ether oxygens (including phenoxy) is 2. The third kappa shape index (κ3) is 3.81. The Kier molecular flexibility index (Phi) is 5.44. The van der Waals surface area contributed by atoms with Gasteiger partial charge in [-0.2, -0.15) is 0 Å². The topological polar surface area (TPSA) is 71.1 Å². The molecular weight excluding hydrogens is 358 g/mol. The van der Waals surface area contributed by atoms with Crippen LogP contribution in [-0.4, -0.2) is 68.1 Å². The summed E-state index contributed by atoms with van der Waals surface area (Å²) in [4.78, 5) is 28.6. The van der Waals surface area contributed by atoms with Gasteiger partial charge in [-0.3, -0.25) is 14.5 Å². The molecule has 3 aliphatic rings. The summed E-state index contributed by atoms with van der Waals surface area (Å²) in [6.45, 7) is 3.26. The van der Waals surface area contributed by atoms with Crippen molar-refractivity contribution >= 4 is 11.8 Å². The average molecular weight is 387 g/mol. The number of nitrogens with zero attached hydrogens (tertiary/aromatic N) is 2. The van der Waals surface area contributed by atoms with Crippen LogP contribution in [-0.2, 0) is 22.6 Å². The van der Waals surface area contributed by atoms with Gasteiger partial charge in [0.15, 0.2) is 11.5 Å². The van der Waals surface area contributed by atoms with E-state index < -0.39 is 0 Å². The van der Waals surface area contributed by atoms with E-state index in [1.165, 1.54) is 11.1 Å². The van der Waals surface area contributed by atoms with Crippen molar-refractivity contribution in [2.24, 2.45) is 5.92 Å². The van der Waals surface area contributed by atoms with Crippen molar-refractivity contribution in [3.05, 3.63) is 23.3 Å². The molecule has 0 bridgehead atoms. The lowest BCUT2D eigenvalue weighted by atomic mass is 9.84. The molecule has 1 N–H and O–H groups in total. The van der Waals surface area contributed by atoms with E-state index in [4.69, 9.17) is 9.47 Å². The molecule has 0 spiro atoms. The van der Waals surface area contributed by atoms with Crippen LogP contribution in [0.3, 0.4) is 0 Å². The highest BCUT2D eigenvalue weighted by molar-refractivity contribution is 5.82. The molecule has 1 aromatic rings. The molecule has 0 aromatic heterocycles. The van der Waals surface area contributed by atoms with Crippen molar-refractivity contribution in [3.63, 3.8) is 0 Å². The zero-order chi connectivity index (χ0) is 19.7. The Morgan fingerprint density at radius 2 is 1.79 bits per heavy atom. The Bertz CT molecular complexity index is 756. The summed E-state index contributed by atoms with van der Waals surface area (Å²) >= 11 is 0. The van der Waals surface area contributed by atoms with Crippen LogP contribution < -0.4 is 14.8 Å². The number of carbonyl (C=O) groups is 2. The fourth-order valence-electron chi connectivity index (χ4n) is 4.13. The summed E-state index contributed by atoms with van der Waals surface area (Å²) in [6.07, 6.45) is 4.07. The molecule has 1 saturated heterocycles. The molecule has 152 valence electrons. The molecule has 2 aliphatic heterocycles. The minimum Gasteiger partial charge on any atom is -0.493 e. The van der Waals surface area contributed by atoms with Gasteiger partial charge in [-0.05, 0) is 42.5 Å². The Labute approximate surface area is 166 Å². The van der Waals surface area contributed by atoms with E-state index in [1.807, 2.05) is 17.0 Å². The number of likely N-dealkylation sites (tertiary alicyclic amines) is 1. The van der Waals surface area contributed by atoms with E-state index in [0.717, 1.165) is 50.3 Å². The standard InChI is InChI=1S/C21H29N3O4/c1-27-18-8-15-6-7-23(10-16(15)9-19(18)28-2)13-20(25)24-11-17(12-24)22-21(26)14-4-3-5-14/h8-9,14,17H,3-7,10-13H2,1-2H3,(H,22,26). The second kappa shape index (κ2) is 7.99. The first-order chi connectivity index (χ1) is 13.6. The summed E-state index contributed by atoms with van der Waals surface area (Å²) in [7, 11) is 3.28. The SMILES string of the molecule is COc1cc2c(cc1OC)CN(CC(=O)N1CC(NC(=O)C3CCC3)C1)CC2. The summed E-state index contributed by atoms with van der Waals surface area (Å²) in [5.74, 6) is 1.98. The minimum absolute atomic E-state index is 0.121. The maximum absolute atomic E-state index is 12.6. The van der Waals surface area contributed by atoms with Crippen LogP contribution in [0.2, 0.25) is 0 Å². The number of hydrogen-bond acceptors (Lipinski definition) is 5. The van der Waals surface area contributed by atoms with Gasteiger partial charge in [0.1, 0.15) is 0 Å². The molecule has 2 fully saturated rings. The Morgan fingerprint density at radius 1 is 1.11 bits per heavy atom. The molecule has 0 unspecified atom stereocenters. The smallest absolute Gasteiger partial charge is 0.236 e.